The van der Waals surface area contributed by atoms with Crippen molar-refractivity contribution in [3.8, 4) is 0 Å². The molecule has 92 valence electrons. The van der Waals surface area contributed by atoms with Crippen LogP contribution in [0.3, 0.4) is 0 Å². The standard InChI is InChI=1S/C11H20N2O2S/c1-12-11(15)13-10(14)8-16-7-9-5-3-2-4-6-9/h9H,2-8H2,1H3,(H2,12,13,14,15). The van der Waals surface area contributed by atoms with E-state index < -0.39 is 6.03 Å². The summed E-state index contributed by atoms with van der Waals surface area (Å²) < 4.78 is 0. The second kappa shape index (κ2) is 7.54. The van der Waals surface area contributed by atoms with Gasteiger partial charge in [-0.3, -0.25) is 10.1 Å². The monoisotopic (exact) mass is 244 g/mol. The first-order valence-corrected chi connectivity index (χ1v) is 6.97. The zero-order valence-electron chi connectivity index (χ0n) is 9.75. The highest BCUT2D eigenvalue weighted by atomic mass is 32.2. The summed E-state index contributed by atoms with van der Waals surface area (Å²) in [7, 11) is 1.50. The topological polar surface area (TPSA) is 58.2 Å². The molecule has 0 heterocycles. The summed E-state index contributed by atoms with van der Waals surface area (Å²) in [6.07, 6.45) is 6.61. The van der Waals surface area contributed by atoms with Crippen molar-refractivity contribution in [3.63, 3.8) is 0 Å². The lowest BCUT2D eigenvalue weighted by atomic mass is 9.91. The Labute approximate surface area is 101 Å². The lowest BCUT2D eigenvalue weighted by Gasteiger charge is -2.20. The van der Waals surface area contributed by atoms with Crippen LogP contribution >= 0.6 is 11.8 Å². The van der Waals surface area contributed by atoms with E-state index in [0.717, 1.165) is 11.7 Å². The van der Waals surface area contributed by atoms with Gasteiger partial charge in [0.2, 0.25) is 5.91 Å². The summed E-state index contributed by atoms with van der Waals surface area (Å²) in [5.74, 6) is 1.98. The molecule has 3 amide bonds. The maximum absolute atomic E-state index is 11.3. The molecule has 1 rings (SSSR count). The van der Waals surface area contributed by atoms with Crippen molar-refractivity contribution in [2.45, 2.75) is 32.1 Å². The van der Waals surface area contributed by atoms with E-state index in [2.05, 4.69) is 10.6 Å². The molecule has 0 aromatic rings. The van der Waals surface area contributed by atoms with Gasteiger partial charge in [0.25, 0.3) is 0 Å². The second-order valence-corrected chi connectivity index (χ2v) is 5.18. The van der Waals surface area contributed by atoms with E-state index >= 15 is 0 Å². The molecule has 0 radical (unpaired) electrons. The summed E-state index contributed by atoms with van der Waals surface area (Å²) in [5.41, 5.74) is 0. The molecule has 2 N–H and O–H groups in total. The summed E-state index contributed by atoms with van der Waals surface area (Å²) >= 11 is 1.63. The molecule has 0 aromatic carbocycles. The molecule has 5 heteroatoms. The molecule has 0 aliphatic heterocycles. The normalized spacial score (nSPS) is 16.8. The summed E-state index contributed by atoms with van der Waals surface area (Å²) in [5, 5.41) is 4.61. The second-order valence-electron chi connectivity index (χ2n) is 4.15. The van der Waals surface area contributed by atoms with Crippen molar-refractivity contribution in [1.82, 2.24) is 10.6 Å². The van der Waals surface area contributed by atoms with E-state index in [4.69, 9.17) is 0 Å². The van der Waals surface area contributed by atoms with Gasteiger partial charge < -0.3 is 5.32 Å². The van der Waals surface area contributed by atoms with Crippen molar-refractivity contribution < 1.29 is 9.59 Å². The van der Waals surface area contributed by atoms with Gasteiger partial charge in [0.05, 0.1) is 5.75 Å². The summed E-state index contributed by atoms with van der Waals surface area (Å²) in [4.78, 5) is 22.1. The average molecular weight is 244 g/mol. The van der Waals surface area contributed by atoms with Crippen LogP contribution in [-0.2, 0) is 4.79 Å². The Kier molecular flexibility index (Phi) is 6.30. The first-order valence-electron chi connectivity index (χ1n) is 5.81. The van der Waals surface area contributed by atoms with Gasteiger partial charge >= 0.3 is 6.03 Å². The number of nitrogens with one attached hydrogen (secondary N) is 2. The van der Waals surface area contributed by atoms with E-state index in [1.54, 1.807) is 11.8 Å². The van der Waals surface area contributed by atoms with E-state index in [0.29, 0.717) is 5.75 Å². The van der Waals surface area contributed by atoms with Crippen molar-refractivity contribution in [2.75, 3.05) is 18.6 Å². The van der Waals surface area contributed by atoms with Gasteiger partial charge in [-0.05, 0) is 24.5 Å². The van der Waals surface area contributed by atoms with Gasteiger partial charge in [-0.15, -0.1) is 0 Å². The van der Waals surface area contributed by atoms with E-state index in [1.807, 2.05) is 0 Å². The molecule has 1 fully saturated rings. The molecule has 1 aliphatic carbocycles. The fourth-order valence-corrected chi connectivity index (χ4v) is 2.94. The maximum Gasteiger partial charge on any atom is 0.321 e. The molecule has 0 spiro atoms. The van der Waals surface area contributed by atoms with Crippen molar-refractivity contribution in [1.29, 1.82) is 0 Å². The minimum atomic E-state index is -0.428. The summed E-state index contributed by atoms with van der Waals surface area (Å²) in [6, 6.07) is -0.428. The van der Waals surface area contributed by atoms with Gasteiger partial charge in [0.1, 0.15) is 0 Å². The third-order valence-corrected chi connectivity index (χ3v) is 3.96. The Morgan fingerprint density at radius 1 is 1.25 bits per heavy atom. The molecule has 0 atom stereocenters. The number of imide groups is 1. The van der Waals surface area contributed by atoms with Crippen LogP contribution in [-0.4, -0.2) is 30.5 Å². The fourth-order valence-electron chi connectivity index (χ4n) is 1.90. The Morgan fingerprint density at radius 2 is 1.94 bits per heavy atom. The number of amides is 3. The number of carbonyl (C=O) groups excluding carboxylic acids is 2. The number of hydrogen-bond acceptors (Lipinski definition) is 3. The lowest BCUT2D eigenvalue weighted by Crippen LogP contribution is -2.38. The van der Waals surface area contributed by atoms with Crippen molar-refractivity contribution in [3.05, 3.63) is 0 Å². The van der Waals surface area contributed by atoms with Gasteiger partial charge in [-0.1, -0.05) is 19.3 Å². The molecule has 16 heavy (non-hydrogen) atoms. The van der Waals surface area contributed by atoms with Gasteiger partial charge in [-0.2, -0.15) is 11.8 Å². The first kappa shape index (κ1) is 13.4. The molecular formula is C11H20N2O2S. The smallest absolute Gasteiger partial charge is 0.321 e. The highest BCUT2D eigenvalue weighted by Crippen LogP contribution is 2.26. The number of hydrogen-bond donors (Lipinski definition) is 2. The minimum absolute atomic E-state index is 0.208. The van der Waals surface area contributed by atoms with Crippen LogP contribution in [0.4, 0.5) is 4.79 Å². The van der Waals surface area contributed by atoms with Gasteiger partial charge in [0, 0.05) is 7.05 Å². The molecule has 0 saturated heterocycles. The van der Waals surface area contributed by atoms with Crippen LogP contribution < -0.4 is 10.6 Å². The molecule has 0 bridgehead atoms. The Morgan fingerprint density at radius 3 is 2.56 bits per heavy atom. The molecule has 4 nitrogen and oxygen atoms in total. The van der Waals surface area contributed by atoms with Crippen LogP contribution in [0, 0.1) is 5.92 Å². The minimum Gasteiger partial charge on any atom is -0.341 e. The average Bonchev–Trinajstić information content (AvgIpc) is 2.30. The predicted molar refractivity (Wildman–Crippen MR) is 66.5 cm³/mol. The van der Waals surface area contributed by atoms with Crippen LogP contribution in [0.1, 0.15) is 32.1 Å². The molecule has 1 saturated carbocycles. The summed E-state index contributed by atoms with van der Waals surface area (Å²) in [6.45, 7) is 0. The highest BCUT2D eigenvalue weighted by molar-refractivity contribution is 7.99. The largest absolute Gasteiger partial charge is 0.341 e. The van der Waals surface area contributed by atoms with Gasteiger partial charge in [0.15, 0.2) is 0 Å². The van der Waals surface area contributed by atoms with E-state index in [9.17, 15) is 9.59 Å². The van der Waals surface area contributed by atoms with E-state index in [1.165, 1.54) is 39.2 Å². The van der Waals surface area contributed by atoms with Crippen LogP contribution in [0.2, 0.25) is 0 Å². The Hall–Kier alpha value is -0.710. The predicted octanol–water partition coefficient (Wildman–Crippen LogP) is 1.76. The van der Waals surface area contributed by atoms with Crippen LogP contribution in [0.25, 0.3) is 0 Å². The number of thioether (sulfide) groups is 1. The lowest BCUT2D eigenvalue weighted by molar-refractivity contribution is -0.117. The molecule has 1 aliphatic rings. The SMILES string of the molecule is CNC(=O)NC(=O)CSCC1CCCCC1. The molecule has 0 unspecified atom stereocenters. The van der Waals surface area contributed by atoms with Crippen LogP contribution in [0.5, 0.6) is 0 Å². The third kappa shape index (κ3) is 5.39. The third-order valence-electron chi connectivity index (χ3n) is 2.79. The van der Waals surface area contributed by atoms with Crippen molar-refractivity contribution in [2.24, 2.45) is 5.92 Å². The number of carbonyl (C=O) groups is 2. The van der Waals surface area contributed by atoms with E-state index in [-0.39, 0.29) is 5.91 Å². The molecular weight excluding hydrogens is 224 g/mol. The maximum atomic E-state index is 11.3. The van der Waals surface area contributed by atoms with Crippen molar-refractivity contribution >= 4 is 23.7 Å². The van der Waals surface area contributed by atoms with Crippen LogP contribution in [0.15, 0.2) is 0 Å². The Bertz CT molecular complexity index is 240. The highest BCUT2D eigenvalue weighted by Gasteiger charge is 2.14. The molecule has 0 aromatic heterocycles. The fraction of sp³-hybridized carbons (Fsp3) is 0.818. The zero-order valence-corrected chi connectivity index (χ0v) is 10.6. The van der Waals surface area contributed by atoms with Gasteiger partial charge in [-0.25, -0.2) is 4.79 Å². The zero-order chi connectivity index (χ0) is 11.8. The number of rotatable bonds is 4. The Balaban J connectivity index is 2.05. The number of urea groups is 1. The first-order chi connectivity index (χ1) is 7.72. The quantitative estimate of drug-likeness (QED) is 0.792.